The Balaban J connectivity index is 1.92. The molecule has 4 nitrogen and oxygen atoms in total. The molecule has 2 heterocycles. The molecular weight excluding hydrogens is 301 g/mol. The average Bonchev–Trinajstić information content (AvgIpc) is 2.89. The first-order valence-electron chi connectivity index (χ1n) is 5.76. The van der Waals surface area contributed by atoms with Crippen molar-refractivity contribution in [3.63, 3.8) is 0 Å². The molecule has 1 unspecified atom stereocenters. The second kappa shape index (κ2) is 4.42. The van der Waals surface area contributed by atoms with Crippen LogP contribution in [0.5, 0.6) is 5.75 Å². The molecule has 1 N–H and O–H groups in total. The van der Waals surface area contributed by atoms with Gasteiger partial charge in [0.05, 0.1) is 13.2 Å². The Hall–Kier alpha value is -1.30. The number of halogens is 2. The molecule has 1 aromatic rings. The van der Waals surface area contributed by atoms with Gasteiger partial charge in [0, 0.05) is 6.42 Å². The number of benzene rings is 1. The summed E-state index contributed by atoms with van der Waals surface area (Å²) in [5.41, 5.74) is 1.02. The van der Waals surface area contributed by atoms with Gasteiger partial charge >= 0.3 is 0 Å². The lowest BCUT2D eigenvalue weighted by molar-refractivity contribution is 0.180. The van der Waals surface area contributed by atoms with Gasteiger partial charge in [-0.3, -0.25) is 5.01 Å². The number of nitrogens with zero attached hydrogens (tertiary/aromatic N) is 2. The molecule has 2 aliphatic heterocycles. The average molecular weight is 314 g/mol. The number of amidine groups is 1. The van der Waals surface area contributed by atoms with Gasteiger partial charge in [-0.25, -0.2) is 4.39 Å². The Morgan fingerprint density at radius 3 is 3.17 bits per heavy atom. The van der Waals surface area contributed by atoms with Crippen molar-refractivity contribution in [3.8, 4) is 5.75 Å². The Morgan fingerprint density at radius 2 is 2.39 bits per heavy atom. The molecule has 3 rings (SSSR count). The van der Waals surface area contributed by atoms with Gasteiger partial charge in [0.25, 0.3) is 0 Å². The van der Waals surface area contributed by atoms with E-state index in [1.54, 1.807) is 12.1 Å². The van der Waals surface area contributed by atoms with E-state index < -0.39 is 6.17 Å². The molecule has 3 atom stereocenters. The van der Waals surface area contributed by atoms with Crippen LogP contribution in [0.4, 0.5) is 4.39 Å². The van der Waals surface area contributed by atoms with Crippen molar-refractivity contribution in [3.05, 3.63) is 29.8 Å². The van der Waals surface area contributed by atoms with Crippen LogP contribution in [-0.2, 0) is 0 Å². The predicted octanol–water partition coefficient (Wildman–Crippen LogP) is 2.38. The van der Waals surface area contributed by atoms with Crippen LogP contribution in [0.2, 0.25) is 0 Å². The summed E-state index contributed by atoms with van der Waals surface area (Å²) in [6.07, 6.45) is -0.857. The highest BCUT2D eigenvalue weighted by Crippen LogP contribution is 2.40. The number of ether oxygens (including phenoxy) is 1. The topological polar surface area (TPSA) is 36.9 Å². The summed E-state index contributed by atoms with van der Waals surface area (Å²) >= 11 is 3.26. The molecule has 6 heteroatoms. The number of nitrogens with one attached hydrogen (secondary N) is 1. The van der Waals surface area contributed by atoms with Crippen LogP contribution >= 0.6 is 15.9 Å². The molecule has 1 aromatic carbocycles. The third-order valence-corrected chi connectivity index (χ3v) is 3.73. The van der Waals surface area contributed by atoms with Crippen LogP contribution in [0.25, 0.3) is 0 Å². The number of hydrogen-bond donors (Lipinski definition) is 1. The highest BCUT2D eigenvalue weighted by atomic mass is 79.9. The van der Waals surface area contributed by atoms with Crippen molar-refractivity contribution >= 4 is 20.7 Å². The summed E-state index contributed by atoms with van der Waals surface area (Å²) in [6, 6.07) is 7.65. The summed E-state index contributed by atoms with van der Waals surface area (Å²) in [4.78, 5) is 0. The lowest BCUT2D eigenvalue weighted by atomic mass is 10.0. The van der Waals surface area contributed by atoms with Crippen LogP contribution in [0.1, 0.15) is 18.0 Å². The van der Waals surface area contributed by atoms with E-state index in [-0.39, 0.29) is 12.2 Å². The van der Waals surface area contributed by atoms with Crippen molar-refractivity contribution in [1.82, 2.24) is 10.3 Å². The fourth-order valence-electron chi connectivity index (χ4n) is 2.49. The first-order valence-corrected chi connectivity index (χ1v) is 6.55. The number of rotatable bonds is 2. The van der Waals surface area contributed by atoms with E-state index in [0.29, 0.717) is 11.2 Å². The molecule has 0 bridgehead atoms. The van der Waals surface area contributed by atoms with Crippen molar-refractivity contribution in [2.45, 2.75) is 24.8 Å². The van der Waals surface area contributed by atoms with Crippen molar-refractivity contribution in [1.29, 1.82) is 0 Å². The predicted molar refractivity (Wildman–Crippen MR) is 70.4 cm³/mol. The lowest BCUT2D eigenvalue weighted by Crippen LogP contribution is -2.38. The van der Waals surface area contributed by atoms with Crippen LogP contribution in [0.15, 0.2) is 29.4 Å². The van der Waals surface area contributed by atoms with Gasteiger partial charge in [-0.2, -0.15) is 0 Å². The van der Waals surface area contributed by atoms with Gasteiger partial charge in [-0.05, 0) is 33.6 Å². The van der Waals surface area contributed by atoms with Gasteiger partial charge in [-0.15, -0.1) is 5.10 Å². The Morgan fingerprint density at radius 1 is 1.56 bits per heavy atom. The minimum absolute atomic E-state index is 0.0531. The van der Waals surface area contributed by atoms with Crippen molar-refractivity contribution in [2.75, 3.05) is 7.11 Å². The van der Waals surface area contributed by atoms with Crippen LogP contribution in [0.3, 0.4) is 0 Å². The SMILES string of the molecule is COc1cccc([C@@H]2C[C@H](F)C3NC(Br)=NN32)c1. The summed E-state index contributed by atoms with van der Waals surface area (Å²) in [6.45, 7) is 0. The molecule has 0 spiro atoms. The minimum Gasteiger partial charge on any atom is -0.497 e. The second-order valence-electron chi connectivity index (χ2n) is 4.40. The van der Waals surface area contributed by atoms with E-state index in [4.69, 9.17) is 4.74 Å². The normalized spacial score (nSPS) is 29.8. The molecule has 1 fully saturated rings. The van der Waals surface area contributed by atoms with Gasteiger partial charge in [0.1, 0.15) is 18.1 Å². The number of alkyl halides is 1. The van der Waals surface area contributed by atoms with E-state index in [2.05, 4.69) is 26.3 Å². The van der Waals surface area contributed by atoms with Crippen molar-refractivity contribution in [2.24, 2.45) is 5.10 Å². The third kappa shape index (κ3) is 1.84. The zero-order valence-electron chi connectivity index (χ0n) is 9.81. The van der Waals surface area contributed by atoms with Gasteiger partial charge in [-0.1, -0.05) is 12.1 Å². The van der Waals surface area contributed by atoms with Crippen LogP contribution in [-0.4, -0.2) is 29.2 Å². The van der Waals surface area contributed by atoms with E-state index in [0.717, 1.165) is 11.3 Å². The van der Waals surface area contributed by atoms with Gasteiger partial charge < -0.3 is 10.1 Å². The fourth-order valence-corrected chi connectivity index (χ4v) is 2.91. The molecule has 0 aromatic heterocycles. The molecule has 18 heavy (non-hydrogen) atoms. The van der Waals surface area contributed by atoms with Gasteiger partial charge in [0.2, 0.25) is 0 Å². The molecule has 0 radical (unpaired) electrons. The molecule has 1 saturated heterocycles. The maximum atomic E-state index is 13.9. The maximum Gasteiger partial charge on any atom is 0.191 e. The van der Waals surface area contributed by atoms with E-state index >= 15 is 0 Å². The van der Waals surface area contributed by atoms with E-state index in [1.807, 2.05) is 24.3 Å². The maximum absolute atomic E-state index is 13.9. The molecular formula is C12H13BrFN3O. The van der Waals surface area contributed by atoms with Crippen molar-refractivity contribution < 1.29 is 9.13 Å². The zero-order chi connectivity index (χ0) is 12.7. The Bertz CT molecular complexity index is 496. The summed E-state index contributed by atoms with van der Waals surface area (Å²) in [5, 5.41) is 9.05. The number of hydrazone groups is 1. The van der Waals surface area contributed by atoms with E-state index in [1.165, 1.54) is 0 Å². The second-order valence-corrected chi connectivity index (χ2v) is 5.16. The fraction of sp³-hybridized carbons (Fsp3) is 0.417. The smallest absolute Gasteiger partial charge is 0.191 e. The molecule has 0 aliphatic carbocycles. The zero-order valence-corrected chi connectivity index (χ0v) is 11.4. The number of methoxy groups -OCH3 is 1. The summed E-state index contributed by atoms with van der Waals surface area (Å²) < 4.78 is 19.7. The molecule has 0 saturated carbocycles. The van der Waals surface area contributed by atoms with E-state index in [9.17, 15) is 4.39 Å². The molecule has 0 amide bonds. The third-order valence-electron chi connectivity index (χ3n) is 3.34. The highest BCUT2D eigenvalue weighted by Gasteiger charge is 2.45. The standard InChI is InChI=1S/C12H13BrFN3O/c1-18-8-4-2-3-7(5-8)10-6-9(14)11-15-12(13)16-17(10)11/h2-5,9-11H,6H2,1H3,(H,15,16)/t9-,10-,11?/m0/s1. The lowest BCUT2D eigenvalue weighted by Gasteiger charge is -2.22. The first-order chi connectivity index (χ1) is 8.69. The largest absolute Gasteiger partial charge is 0.497 e. The minimum atomic E-state index is -0.931. The highest BCUT2D eigenvalue weighted by molar-refractivity contribution is 9.18. The molecule has 2 aliphatic rings. The monoisotopic (exact) mass is 313 g/mol. The Kier molecular flexibility index (Phi) is 2.89. The van der Waals surface area contributed by atoms with Crippen LogP contribution < -0.4 is 10.1 Å². The van der Waals surface area contributed by atoms with Gasteiger partial charge in [0.15, 0.2) is 4.74 Å². The molecule has 96 valence electrons. The van der Waals surface area contributed by atoms with Crippen LogP contribution in [0, 0.1) is 0 Å². The Labute approximate surface area is 113 Å². The number of hydrogen-bond acceptors (Lipinski definition) is 4. The quantitative estimate of drug-likeness (QED) is 0.852. The summed E-state index contributed by atoms with van der Waals surface area (Å²) in [5.74, 6) is 0.779. The number of fused-ring (bicyclic) bond motifs is 1. The summed E-state index contributed by atoms with van der Waals surface area (Å²) in [7, 11) is 1.63. The first kappa shape index (κ1) is 11.8.